The van der Waals surface area contributed by atoms with Crippen molar-refractivity contribution in [2.24, 2.45) is 0 Å². The van der Waals surface area contributed by atoms with Gasteiger partial charge in [-0.25, -0.2) is 8.42 Å². The Morgan fingerprint density at radius 2 is 1.88 bits per heavy atom. The number of hydrogen-bond acceptors (Lipinski definition) is 5. The minimum atomic E-state index is -3.06. The van der Waals surface area contributed by atoms with Gasteiger partial charge in [0.05, 0.1) is 22.5 Å². The van der Waals surface area contributed by atoms with Gasteiger partial charge in [-0.3, -0.25) is 9.69 Å². The molecule has 2 aliphatic rings. The van der Waals surface area contributed by atoms with Crippen LogP contribution in [0.5, 0.6) is 0 Å². The van der Waals surface area contributed by atoms with E-state index in [2.05, 4.69) is 32.9 Å². The van der Waals surface area contributed by atoms with E-state index in [1.807, 2.05) is 18.2 Å². The number of thioether (sulfide) groups is 1. The smallest absolute Gasteiger partial charge is 0.266 e. The number of rotatable bonds is 2. The topological polar surface area (TPSA) is 54.5 Å². The van der Waals surface area contributed by atoms with E-state index in [1.165, 1.54) is 22.2 Å². The maximum absolute atomic E-state index is 12.7. The molecule has 0 bridgehead atoms. The molecule has 25 heavy (non-hydrogen) atoms. The number of hydrogen-bond donors (Lipinski definition) is 0. The summed E-state index contributed by atoms with van der Waals surface area (Å²) in [7, 11) is -3.06. The lowest BCUT2D eigenvalue weighted by atomic mass is 9.87. The molecule has 1 aromatic rings. The zero-order valence-corrected chi connectivity index (χ0v) is 16.9. The fraction of sp³-hybridized carbons (Fsp3) is 0.444. The Balaban J connectivity index is 1.81. The van der Waals surface area contributed by atoms with E-state index < -0.39 is 9.84 Å². The predicted molar refractivity (Wildman–Crippen MR) is 107 cm³/mol. The Labute approximate surface area is 158 Å². The third kappa shape index (κ3) is 3.99. The van der Waals surface area contributed by atoms with E-state index in [1.54, 1.807) is 0 Å². The highest BCUT2D eigenvalue weighted by molar-refractivity contribution is 8.26. The normalized spacial score (nSPS) is 25.2. The van der Waals surface area contributed by atoms with Crippen molar-refractivity contribution >= 4 is 50.1 Å². The molecule has 1 amide bonds. The van der Waals surface area contributed by atoms with Crippen LogP contribution in [0.15, 0.2) is 29.2 Å². The van der Waals surface area contributed by atoms with Crippen LogP contribution in [-0.4, -0.2) is 41.1 Å². The van der Waals surface area contributed by atoms with Crippen molar-refractivity contribution in [3.8, 4) is 0 Å². The van der Waals surface area contributed by atoms with Gasteiger partial charge in [0.15, 0.2) is 9.84 Å². The van der Waals surface area contributed by atoms with Gasteiger partial charge < -0.3 is 0 Å². The first kappa shape index (κ1) is 18.6. The number of carbonyl (C=O) groups excluding carboxylic acids is 1. The molecule has 2 fully saturated rings. The van der Waals surface area contributed by atoms with Gasteiger partial charge in [-0.1, -0.05) is 69.0 Å². The average Bonchev–Trinajstić information content (AvgIpc) is 2.98. The molecule has 0 unspecified atom stereocenters. The fourth-order valence-electron chi connectivity index (χ4n) is 3.00. The van der Waals surface area contributed by atoms with Crippen molar-refractivity contribution in [3.63, 3.8) is 0 Å². The molecule has 0 aliphatic carbocycles. The average molecular weight is 396 g/mol. The molecule has 0 radical (unpaired) electrons. The van der Waals surface area contributed by atoms with Crippen LogP contribution in [0.4, 0.5) is 0 Å². The number of amides is 1. The first-order valence-electron chi connectivity index (χ1n) is 8.15. The van der Waals surface area contributed by atoms with E-state index in [4.69, 9.17) is 12.2 Å². The van der Waals surface area contributed by atoms with Gasteiger partial charge in [0.1, 0.15) is 4.32 Å². The summed E-state index contributed by atoms with van der Waals surface area (Å²) < 4.78 is 23.8. The molecule has 1 atom stereocenters. The van der Waals surface area contributed by atoms with Crippen molar-refractivity contribution in [2.75, 3.05) is 11.5 Å². The molecule has 134 valence electrons. The van der Waals surface area contributed by atoms with E-state index in [0.717, 1.165) is 5.56 Å². The summed E-state index contributed by atoms with van der Waals surface area (Å²) >= 11 is 6.57. The van der Waals surface area contributed by atoms with Crippen LogP contribution in [0.25, 0.3) is 6.08 Å². The summed E-state index contributed by atoms with van der Waals surface area (Å²) in [6, 6.07) is 7.79. The van der Waals surface area contributed by atoms with Crippen LogP contribution in [0.3, 0.4) is 0 Å². The van der Waals surface area contributed by atoms with Gasteiger partial charge in [-0.05, 0) is 29.0 Å². The van der Waals surface area contributed by atoms with Crippen molar-refractivity contribution in [3.05, 3.63) is 40.3 Å². The number of benzene rings is 1. The van der Waals surface area contributed by atoms with Crippen molar-refractivity contribution in [2.45, 2.75) is 38.6 Å². The first-order valence-corrected chi connectivity index (χ1v) is 11.2. The second kappa shape index (κ2) is 6.52. The van der Waals surface area contributed by atoms with Crippen LogP contribution >= 0.6 is 24.0 Å². The highest BCUT2D eigenvalue weighted by atomic mass is 32.2. The maximum Gasteiger partial charge on any atom is 0.266 e. The quantitative estimate of drug-likeness (QED) is 0.568. The van der Waals surface area contributed by atoms with Crippen LogP contribution in [-0.2, 0) is 20.0 Å². The lowest BCUT2D eigenvalue weighted by molar-refractivity contribution is -0.123. The second-order valence-corrected chi connectivity index (χ2v) is 11.4. The van der Waals surface area contributed by atoms with Crippen molar-refractivity contribution in [1.82, 2.24) is 4.90 Å². The van der Waals surface area contributed by atoms with Crippen molar-refractivity contribution < 1.29 is 13.2 Å². The molecular formula is C18H21NO3S3. The molecule has 2 aliphatic heterocycles. The van der Waals surface area contributed by atoms with Crippen LogP contribution in [0.1, 0.15) is 38.3 Å². The molecule has 3 rings (SSSR count). The van der Waals surface area contributed by atoms with Gasteiger partial charge in [0.2, 0.25) is 0 Å². The highest BCUT2D eigenvalue weighted by Crippen LogP contribution is 2.36. The summed E-state index contributed by atoms with van der Waals surface area (Å²) in [5.74, 6) is -0.0494. The van der Waals surface area contributed by atoms with Gasteiger partial charge >= 0.3 is 0 Å². The molecule has 0 N–H and O–H groups in total. The number of sulfone groups is 1. The SMILES string of the molecule is CC(C)(C)c1ccc(/C=C2\SC(=S)N([C@H]3CCS(=O)(=O)C3)C2=O)cc1. The zero-order valence-electron chi connectivity index (χ0n) is 14.5. The van der Waals surface area contributed by atoms with Crippen LogP contribution in [0.2, 0.25) is 0 Å². The minimum absolute atomic E-state index is 0.00694. The molecule has 0 aromatic heterocycles. The summed E-state index contributed by atoms with van der Waals surface area (Å²) in [5, 5.41) is 0. The minimum Gasteiger partial charge on any atom is -0.289 e. The molecule has 2 heterocycles. The largest absolute Gasteiger partial charge is 0.289 e. The molecule has 2 saturated heterocycles. The predicted octanol–water partition coefficient (Wildman–Crippen LogP) is 3.37. The monoisotopic (exact) mass is 395 g/mol. The third-order valence-corrected chi connectivity index (χ3v) is 7.55. The zero-order chi connectivity index (χ0) is 18.4. The van der Waals surface area contributed by atoms with Crippen LogP contribution in [0, 0.1) is 0 Å². The first-order chi connectivity index (χ1) is 11.6. The summed E-state index contributed by atoms with van der Waals surface area (Å²) in [5.41, 5.74) is 2.25. The molecule has 0 spiro atoms. The van der Waals surface area contributed by atoms with E-state index in [9.17, 15) is 13.2 Å². The van der Waals surface area contributed by atoms with Gasteiger partial charge in [0.25, 0.3) is 5.91 Å². The van der Waals surface area contributed by atoms with E-state index >= 15 is 0 Å². The Morgan fingerprint density at radius 1 is 1.24 bits per heavy atom. The molecule has 7 heteroatoms. The van der Waals surface area contributed by atoms with E-state index in [0.29, 0.717) is 15.6 Å². The third-order valence-electron chi connectivity index (χ3n) is 4.47. The molecule has 0 saturated carbocycles. The van der Waals surface area contributed by atoms with Gasteiger partial charge in [0, 0.05) is 0 Å². The Morgan fingerprint density at radius 3 is 2.40 bits per heavy atom. The summed E-state index contributed by atoms with van der Waals surface area (Å²) in [6.45, 7) is 6.47. The summed E-state index contributed by atoms with van der Waals surface area (Å²) in [4.78, 5) is 14.7. The number of nitrogens with zero attached hydrogens (tertiary/aromatic N) is 1. The van der Waals surface area contributed by atoms with Crippen molar-refractivity contribution in [1.29, 1.82) is 0 Å². The molecular weight excluding hydrogens is 374 g/mol. The lowest BCUT2D eigenvalue weighted by Gasteiger charge is -2.21. The van der Waals surface area contributed by atoms with Crippen LogP contribution < -0.4 is 0 Å². The second-order valence-electron chi connectivity index (χ2n) is 7.48. The van der Waals surface area contributed by atoms with E-state index in [-0.39, 0.29) is 28.9 Å². The fourth-order valence-corrected chi connectivity index (χ4v) is 6.10. The lowest BCUT2D eigenvalue weighted by Crippen LogP contribution is -2.39. The standard InChI is InChI=1S/C18H21NO3S3/c1-18(2,3)13-6-4-12(5-7-13)10-15-16(20)19(17(23)24-15)14-8-9-25(21,22)11-14/h4-7,10,14H,8-9,11H2,1-3H3/b15-10-/t14-/m0/s1. The summed E-state index contributed by atoms with van der Waals surface area (Å²) in [6.07, 6.45) is 2.29. The Hall–Kier alpha value is -1.18. The molecule has 4 nitrogen and oxygen atoms in total. The maximum atomic E-state index is 12.7. The Bertz CT molecular complexity index is 849. The van der Waals surface area contributed by atoms with Gasteiger partial charge in [-0.2, -0.15) is 0 Å². The number of carbonyl (C=O) groups is 1. The highest BCUT2D eigenvalue weighted by Gasteiger charge is 2.42. The Kier molecular flexibility index (Phi) is 4.85. The molecule has 1 aromatic carbocycles. The van der Waals surface area contributed by atoms with Gasteiger partial charge in [-0.15, -0.1) is 0 Å². The number of thiocarbonyl (C=S) groups is 1.